The highest BCUT2D eigenvalue weighted by molar-refractivity contribution is 7.99. The molecule has 25 heavy (non-hydrogen) atoms. The van der Waals surface area contributed by atoms with Crippen LogP contribution in [0.2, 0.25) is 0 Å². The van der Waals surface area contributed by atoms with E-state index in [1.165, 1.54) is 12.5 Å². The Labute approximate surface area is 150 Å². The zero-order valence-corrected chi connectivity index (χ0v) is 15.1. The summed E-state index contributed by atoms with van der Waals surface area (Å²) < 4.78 is 38.0. The van der Waals surface area contributed by atoms with Crippen molar-refractivity contribution < 1.29 is 13.2 Å². The van der Waals surface area contributed by atoms with Crippen LogP contribution in [0.15, 0.2) is 29.3 Å². The van der Waals surface area contributed by atoms with E-state index < -0.39 is 11.7 Å². The van der Waals surface area contributed by atoms with Crippen LogP contribution in [0.1, 0.15) is 30.4 Å². The van der Waals surface area contributed by atoms with E-state index in [0.29, 0.717) is 29.4 Å². The predicted octanol–water partition coefficient (Wildman–Crippen LogP) is 3.51. The molecule has 0 heterocycles. The monoisotopic (exact) mass is 369 g/mol. The van der Waals surface area contributed by atoms with Gasteiger partial charge in [0.15, 0.2) is 5.96 Å². The molecule has 2 rings (SSSR count). The Hall–Kier alpha value is -1.81. The van der Waals surface area contributed by atoms with Crippen molar-refractivity contribution in [2.24, 2.45) is 4.99 Å². The van der Waals surface area contributed by atoms with E-state index >= 15 is 0 Å². The highest BCUT2D eigenvalue weighted by atomic mass is 32.2. The summed E-state index contributed by atoms with van der Waals surface area (Å²) in [6.45, 7) is 0.314. The third-order valence-corrected chi connectivity index (χ3v) is 5.14. The van der Waals surface area contributed by atoms with Crippen LogP contribution in [-0.4, -0.2) is 37.1 Å². The second kappa shape index (κ2) is 9.04. The Bertz CT molecular complexity index is 662. The molecule has 136 valence electrons. The van der Waals surface area contributed by atoms with Crippen LogP contribution in [0, 0.1) is 11.8 Å². The van der Waals surface area contributed by atoms with Crippen LogP contribution in [0.4, 0.5) is 13.2 Å². The normalized spacial score (nSPS) is 20.8. The average molecular weight is 369 g/mol. The molecule has 1 aromatic carbocycles. The van der Waals surface area contributed by atoms with Gasteiger partial charge >= 0.3 is 6.18 Å². The average Bonchev–Trinajstić information content (AvgIpc) is 3.04. The predicted molar refractivity (Wildman–Crippen MR) is 97.8 cm³/mol. The summed E-state index contributed by atoms with van der Waals surface area (Å²) in [7, 11) is 1.69. The van der Waals surface area contributed by atoms with E-state index in [0.717, 1.165) is 25.0 Å². The summed E-state index contributed by atoms with van der Waals surface area (Å²) in [5.41, 5.74) is -0.340. The first-order valence-electron chi connectivity index (χ1n) is 8.08. The molecule has 1 aliphatic rings. The van der Waals surface area contributed by atoms with Gasteiger partial charge in [-0.25, -0.2) is 0 Å². The number of alkyl halides is 3. The summed E-state index contributed by atoms with van der Waals surface area (Å²) >= 11 is 1.89. The van der Waals surface area contributed by atoms with Gasteiger partial charge < -0.3 is 10.6 Å². The van der Waals surface area contributed by atoms with Gasteiger partial charge in [-0.3, -0.25) is 4.99 Å². The van der Waals surface area contributed by atoms with Gasteiger partial charge in [-0.2, -0.15) is 24.9 Å². The quantitative estimate of drug-likeness (QED) is 0.486. The van der Waals surface area contributed by atoms with Crippen LogP contribution in [0.3, 0.4) is 0 Å². The number of aliphatic imine (C=N–C) groups is 1. The van der Waals surface area contributed by atoms with Gasteiger partial charge in [0.25, 0.3) is 0 Å². The summed E-state index contributed by atoms with van der Waals surface area (Å²) in [6.07, 6.45) is 1.20. The molecule has 0 saturated heterocycles. The second-order valence-corrected chi connectivity index (χ2v) is 6.96. The van der Waals surface area contributed by atoms with Crippen molar-refractivity contribution in [2.75, 3.05) is 19.8 Å². The van der Waals surface area contributed by atoms with E-state index in [1.54, 1.807) is 13.1 Å². The number of hydrogen-bond acceptors (Lipinski definition) is 2. The summed E-state index contributed by atoms with van der Waals surface area (Å²) in [4.78, 5) is 4.16. The van der Waals surface area contributed by atoms with Gasteiger partial charge in [-0.15, -0.1) is 0 Å². The molecule has 1 fully saturated rings. The molecule has 1 saturated carbocycles. The van der Waals surface area contributed by atoms with Crippen molar-refractivity contribution in [3.05, 3.63) is 35.4 Å². The molecule has 2 unspecified atom stereocenters. The molecule has 1 aliphatic carbocycles. The SMILES string of the molecule is CN=C(NCC#Cc1cccc(C(F)(F)F)c1)NC1CCC(SC)C1. The van der Waals surface area contributed by atoms with E-state index in [1.807, 2.05) is 11.8 Å². The Balaban J connectivity index is 1.85. The number of nitrogens with zero attached hydrogens (tertiary/aromatic N) is 1. The smallest absolute Gasteiger partial charge is 0.354 e. The van der Waals surface area contributed by atoms with Crippen molar-refractivity contribution in [1.29, 1.82) is 0 Å². The third kappa shape index (κ3) is 6.20. The third-order valence-electron chi connectivity index (χ3n) is 4.05. The molecular weight excluding hydrogens is 347 g/mol. The number of hydrogen-bond donors (Lipinski definition) is 2. The molecular formula is C18H22F3N3S. The Morgan fingerprint density at radius 1 is 1.36 bits per heavy atom. The Morgan fingerprint density at radius 3 is 2.80 bits per heavy atom. The maximum Gasteiger partial charge on any atom is 0.416 e. The van der Waals surface area contributed by atoms with Crippen LogP contribution in [0.25, 0.3) is 0 Å². The van der Waals surface area contributed by atoms with Crippen LogP contribution in [0.5, 0.6) is 0 Å². The first kappa shape index (κ1) is 19.5. The highest BCUT2D eigenvalue weighted by Gasteiger charge is 2.30. The number of halogens is 3. The first-order chi connectivity index (χ1) is 11.9. The summed E-state index contributed by atoms with van der Waals surface area (Å²) in [5, 5.41) is 7.14. The highest BCUT2D eigenvalue weighted by Crippen LogP contribution is 2.29. The minimum atomic E-state index is -4.35. The van der Waals surface area contributed by atoms with Crippen LogP contribution >= 0.6 is 11.8 Å². The molecule has 0 radical (unpaired) electrons. The van der Waals surface area contributed by atoms with E-state index in [9.17, 15) is 13.2 Å². The molecule has 2 atom stereocenters. The lowest BCUT2D eigenvalue weighted by molar-refractivity contribution is -0.137. The molecule has 0 amide bonds. The lowest BCUT2D eigenvalue weighted by Crippen LogP contribution is -2.42. The van der Waals surface area contributed by atoms with Crippen LogP contribution < -0.4 is 10.6 Å². The fourth-order valence-electron chi connectivity index (χ4n) is 2.72. The largest absolute Gasteiger partial charge is 0.416 e. The Morgan fingerprint density at radius 2 is 2.16 bits per heavy atom. The van der Waals surface area contributed by atoms with Crippen molar-refractivity contribution in [2.45, 2.75) is 36.7 Å². The fourth-order valence-corrected chi connectivity index (χ4v) is 3.52. The van der Waals surface area contributed by atoms with Gasteiger partial charge in [-0.1, -0.05) is 17.9 Å². The number of guanidine groups is 1. The molecule has 7 heteroatoms. The first-order valence-corrected chi connectivity index (χ1v) is 9.37. The molecule has 3 nitrogen and oxygen atoms in total. The van der Waals surface area contributed by atoms with E-state index in [2.05, 4.69) is 33.7 Å². The van der Waals surface area contributed by atoms with Crippen molar-refractivity contribution >= 4 is 17.7 Å². The zero-order chi connectivity index (χ0) is 18.3. The summed E-state index contributed by atoms with van der Waals surface area (Å²) in [5.74, 6) is 6.26. The van der Waals surface area contributed by atoms with Gasteiger partial charge in [0.2, 0.25) is 0 Å². The van der Waals surface area contributed by atoms with Crippen molar-refractivity contribution in [1.82, 2.24) is 10.6 Å². The summed E-state index contributed by atoms with van der Waals surface area (Å²) in [6, 6.07) is 5.43. The zero-order valence-electron chi connectivity index (χ0n) is 14.3. The lowest BCUT2D eigenvalue weighted by Gasteiger charge is -2.16. The fraction of sp³-hybridized carbons (Fsp3) is 0.500. The molecule has 2 N–H and O–H groups in total. The van der Waals surface area contributed by atoms with Crippen molar-refractivity contribution in [3.63, 3.8) is 0 Å². The second-order valence-electron chi connectivity index (χ2n) is 5.82. The van der Waals surface area contributed by atoms with Gasteiger partial charge in [0.1, 0.15) is 0 Å². The molecule has 0 aromatic heterocycles. The van der Waals surface area contributed by atoms with Gasteiger partial charge in [0, 0.05) is 23.9 Å². The van der Waals surface area contributed by atoms with E-state index in [4.69, 9.17) is 0 Å². The maximum atomic E-state index is 12.7. The van der Waals surface area contributed by atoms with E-state index in [-0.39, 0.29) is 0 Å². The minimum absolute atomic E-state index is 0.314. The number of thioether (sulfide) groups is 1. The molecule has 1 aromatic rings. The standard InChI is InChI=1S/C18H22F3N3S/c1-22-17(24-15-8-9-16(12-15)25-2)23-10-4-6-13-5-3-7-14(11-13)18(19,20)21/h3,5,7,11,15-16H,8-10,12H2,1-2H3,(H2,22,23,24). The van der Waals surface area contributed by atoms with Crippen molar-refractivity contribution in [3.8, 4) is 11.8 Å². The number of nitrogens with one attached hydrogen (secondary N) is 2. The maximum absolute atomic E-state index is 12.7. The number of rotatable bonds is 3. The molecule has 0 aliphatic heterocycles. The topological polar surface area (TPSA) is 36.4 Å². The molecule has 0 spiro atoms. The van der Waals surface area contributed by atoms with Gasteiger partial charge in [0.05, 0.1) is 12.1 Å². The molecule has 0 bridgehead atoms. The minimum Gasteiger partial charge on any atom is -0.354 e. The van der Waals surface area contributed by atoms with Crippen LogP contribution in [-0.2, 0) is 6.18 Å². The lowest BCUT2D eigenvalue weighted by atomic mass is 10.1. The van der Waals surface area contributed by atoms with Gasteiger partial charge in [-0.05, 0) is 43.7 Å². The number of benzene rings is 1. The Kier molecular flexibility index (Phi) is 7.06.